The molecule has 1 aromatic carbocycles. The lowest BCUT2D eigenvalue weighted by Crippen LogP contribution is -2.33. The fourth-order valence-electron chi connectivity index (χ4n) is 4.18. The zero-order valence-electron chi connectivity index (χ0n) is 18.6. The number of likely N-dealkylation sites (tertiary alicyclic amines) is 1. The second-order valence-electron chi connectivity index (χ2n) is 7.99. The predicted molar refractivity (Wildman–Crippen MR) is 121 cm³/mol. The third-order valence-electron chi connectivity index (χ3n) is 5.81. The summed E-state index contributed by atoms with van der Waals surface area (Å²) in [4.78, 5) is 21.5. The second kappa shape index (κ2) is 9.34. The van der Waals surface area contributed by atoms with E-state index in [1.54, 1.807) is 20.4 Å². The molecule has 4 rings (SSSR count). The third-order valence-corrected chi connectivity index (χ3v) is 5.81. The first-order valence-electron chi connectivity index (χ1n) is 10.6. The molecule has 3 aromatic rings. The van der Waals surface area contributed by atoms with Crippen LogP contribution in [0.15, 0.2) is 36.8 Å². The zero-order chi connectivity index (χ0) is 21.8. The summed E-state index contributed by atoms with van der Waals surface area (Å²) < 4.78 is 11.3. The summed E-state index contributed by atoms with van der Waals surface area (Å²) >= 11 is 0. The molecule has 8 nitrogen and oxygen atoms in total. The fraction of sp³-hybridized carbons (Fsp3) is 0.435. The molecule has 164 valence electrons. The number of methoxy groups -OCH3 is 2. The van der Waals surface area contributed by atoms with Gasteiger partial charge in [0.05, 0.1) is 32.0 Å². The molecule has 1 fully saturated rings. The molecular formula is C23H30N6O2. The van der Waals surface area contributed by atoms with Gasteiger partial charge in [0.25, 0.3) is 0 Å². The van der Waals surface area contributed by atoms with E-state index < -0.39 is 0 Å². The van der Waals surface area contributed by atoms with Crippen LogP contribution in [0.25, 0.3) is 11.1 Å². The van der Waals surface area contributed by atoms with Crippen molar-refractivity contribution in [1.29, 1.82) is 0 Å². The van der Waals surface area contributed by atoms with Crippen LogP contribution in [0.4, 0.5) is 5.95 Å². The van der Waals surface area contributed by atoms with E-state index in [1.165, 1.54) is 0 Å². The van der Waals surface area contributed by atoms with Gasteiger partial charge in [0.1, 0.15) is 17.3 Å². The topological polar surface area (TPSA) is 79.4 Å². The zero-order valence-corrected chi connectivity index (χ0v) is 18.6. The van der Waals surface area contributed by atoms with Gasteiger partial charge in [-0.3, -0.25) is 4.90 Å². The Morgan fingerprint density at radius 1 is 1.10 bits per heavy atom. The Kier molecular flexibility index (Phi) is 6.36. The highest BCUT2D eigenvalue weighted by atomic mass is 16.5. The maximum atomic E-state index is 5.67. The number of rotatable bonds is 7. The lowest BCUT2D eigenvalue weighted by atomic mass is 9.88. The highest BCUT2D eigenvalue weighted by molar-refractivity contribution is 5.78. The molecule has 0 unspecified atom stereocenters. The Morgan fingerprint density at radius 3 is 2.39 bits per heavy atom. The molecule has 0 radical (unpaired) electrons. The maximum absolute atomic E-state index is 5.67. The van der Waals surface area contributed by atoms with Gasteiger partial charge in [-0.25, -0.2) is 15.0 Å². The van der Waals surface area contributed by atoms with Gasteiger partial charge in [-0.05, 0) is 38.1 Å². The summed E-state index contributed by atoms with van der Waals surface area (Å²) in [6, 6.07) is 5.84. The monoisotopic (exact) mass is 422 g/mol. The summed E-state index contributed by atoms with van der Waals surface area (Å²) in [5.41, 5.74) is 2.94. The number of benzene rings is 1. The Labute approximate surface area is 183 Å². The molecule has 8 heteroatoms. The van der Waals surface area contributed by atoms with Crippen molar-refractivity contribution < 1.29 is 9.47 Å². The van der Waals surface area contributed by atoms with Gasteiger partial charge in [0, 0.05) is 44.2 Å². The summed E-state index contributed by atoms with van der Waals surface area (Å²) in [6.45, 7) is 2.84. The highest BCUT2D eigenvalue weighted by Gasteiger charge is 2.27. The summed E-state index contributed by atoms with van der Waals surface area (Å²) in [5.74, 6) is 3.58. The minimum Gasteiger partial charge on any atom is -0.496 e. The Bertz CT molecular complexity index is 975. The standard InChI is InChI=1S/C23H30N6O2/c1-28(2)23-26-14-17(21-18(30-3)6-5-7-19(21)31-4)22(27-23)16-8-12-29(13-9-16)15-20-24-10-11-25-20/h5-7,10-11,14,16H,8-9,12-13,15H2,1-4H3,(H,24,25). The predicted octanol–water partition coefficient (Wildman–Crippen LogP) is 3.33. The van der Waals surface area contributed by atoms with E-state index >= 15 is 0 Å². The highest BCUT2D eigenvalue weighted by Crippen LogP contribution is 2.43. The number of piperidine rings is 1. The van der Waals surface area contributed by atoms with Crippen molar-refractivity contribution in [3.63, 3.8) is 0 Å². The molecule has 0 spiro atoms. The van der Waals surface area contributed by atoms with E-state index in [2.05, 4.69) is 19.9 Å². The van der Waals surface area contributed by atoms with Crippen molar-refractivity contribution in [3.05, 3.63) is 48.3 Å². The third kappa shape index (κ3) is 4.49. The maximum Gasteiger partial charge on any atom is 0.225 e. The summed E-state index contributed by atoms with van der Waals surface area (Å²) in [5, 5.41) is 0. The number of aromatic nitrogens is 4. The van der Waals surface area contributed by atoms with E-state index in [0.29, 0.717) is 11.9 Å². The largest absolute Gasteiger partial charge is 0.496 e. The molecule has 0 amide bonds. The van der Waals surface area contributed by atoms with Crippen LogP contribution in [-0.2, 0) is 6.54 Å². The number of hydrogen-bond donors (Lipinski definition) is 1. The van der Waals surface area contributed by atoms with Crippen molar-refractivity contribution in [2.45, 2.75) is 25.3 Å². The van der Waals surface area contributed by atoms with Crippen molar-refractivity contribution >= 4 is 5.95 Å². The van der Waals surface area contributed by atoms with Gasteiger partial charge in [-0.2, -0.15) is 0 Å². The molecule has 1 saturated heterocycles. The van der Waals surface area contributed by atoms with E-state index in [-0.39, 0.29) is 0 Å². The first kappa shape index (κ1) is 21.1. The average Bonchev–Trinajstić information content (AvgIpc) is 3.31. The van der Waals surface area contributed by atoms with Crippen LogP contribution in [0.1, 0.15) is 30.3 Å². The van der Waals surface area contributed by atoms with Crippen LogP contribution < -0.4 is 14.4 Å². The Balaban J connectivity index is 1.67. The summed E-state index contributed by atoms with van der Waals surface area (Å²) in [6.07, 6.45) is 7.63. The molecule has 0 aliphatic carbocycles. The van der Waals surface area contributed by atoms with Crippen LogP contribution >= 0.6 is 0 Å². The minimum atomic E-state index is 0.333. The number of aromatic amines is 1. The van der Waals surface area contributed by atoms with Gasteiger partial charge in [0.15, 0.2) is 0 Å². The first-order chi connectivity index (χ1) is 15.1. The van der Waals surface area contributed by atoms with Gasteiger partial charge >= 0.3 is 0 Å². The lowest BCUT2D eigenvalue weighted by Gasteiger charge is -2.32. The lowest BCUT2D eigenvalue weighted by molar-refractivity contribution is 0.199. The number of anilines is 1. The molecule has 0 bridgehead atoms. The van der Waals surface area contributed by atoms with Crippen molar-refractivity contribution in [3.8, 4) is 22.6 Å². The van der Waals surface area contributed by atoms with Gasteiger partial charge < -0.3 is 19.4 Å². The molecule has 3 heterocycles. The molecule has 0 atom stereocenters. The Morgan fingerprint density at radius 2 is 1.81 bits per heavy atom. The normalized spacial score (nSPS) is 15.1. The van der Waals surface area contributed by atoms with Crippen molar-refractivity contribution in [2.24, 2.45) is 0 Å². The second-order valence-corrected chi connectivity index (χ2v) is 7.99. The van der Waals surface area contributed by atoms with Crippen LogP contribution in [0, 0.1) is 0 Å². The molecule has 1 aliphatic rings. The van der Waals surface area contributed by atoms with Gasteiger partial charge in [-0.15, -0.1) is 0 Å². The van der Waals surface area contributed by atoms with Gasteiger partial charge in [0.2, 0.25) is 5.95 Å². The van der Waals surface area contributed by atoms with Crippen LogP contribution in [0.3, 0.4) is 0 Å². The van der Waals surface area contributed by atoms with E-state index in [1.807, 2.05) is 49.6 Å². The molecular weight excluding hydrogens is 392 g/mol. The number of hydrogen-bond acceptors (Lipinski definition) is 7. The number of nitrogens with one attached hydrogen (secondary N) is 1. The molecule has 31 heavy (non-hydrogen) atoms. The van der Waals surface area contributed by atoms with Crippen molar-refractivity contribution in [2.75, 3.05) is 46.3 Å². The number of imidazole rings is 1. The average molecular weight is 423 g/mol. The van der Waals surface area contributed by atoms with E-state index in [4.69, 9.17) is 14.5 Å². The smallest absolute Gasteiger partial charge is 0.225 e. The molecule has 1 aliphatic heterocycles. The van der Waals surface area contributed by atoms with Crippen LogP contribution in [0.2, 0.25) is 0 Å². The number of ether oxygens (including phenoxy) is 2. The number of nitrogens with zero attached hydrogens (tertiary/aromatic N) is 5. The number of H-pyrrole nitrogens is 1. The molecule has 0 saturated carbocycles. The SMILES string of the molecule is COc1cccc(OC)c1-c1cnc(N(C)C)nc1C1CCN(Cc2ncc[nH]2)CC1. The summed E-state index contributed by atoms with van der Waals surface area (Å²) in [7, 11) is 7.29. The van der Waals surface area contributed by atoms with Crippen LogP contribution in [0.5, 0.6) is 11.5 Å². The van der Waals surface area contributed by atoms with Crippen molar-refractivity contribution in [1.82, 2.24) is 24.8 Å². The van der Waals surface area contributed by atoms with Crippen LogP contribution in [-0.4, -0.2) is 66.2 Å². The Hall–Kier alpha value is -3.13. The fourth-order valence-corrected chi connectivity index (χ4v) is 4.18. The van der Waals surface area contributed by atoms with E-state index in [0.717, 1.165) is 66.6 Å². The molecule has 2 aromatic heterocycles. The minimum absolute atomic E-state index is 0.333. The quantitative estimate of drug-likeness (QED) is 0.626. The van der Waals surface area contributed by atoms with E-state index in [9.17, 15) is 0 Å². The molecule has 1 N–H and O–H groups in total. The van der Waals surface area contributed by atoms with Gasteiger partial charge in [-0.1, -0.05) is 6.07 Å². The first-order valence-corrected chi connectivity index (χ1v) is 10.6.